The normalized spacial score (nSPS) is 10.4. The predicted octanol–water partition coefficient (Wildman–Crippen LogP) is 4.49. The maximum absolute atomic E-state index is 12.5. The highest BCUT2D eigenvalue weighted by molar-refractivity contribution is 6.32. The maximum atomic E-state index is 12.5. The van der Waals surface area contributed by atoms with Gasteiger partial charge in [0.05, 0.1) is 23.8 Å². The van der Waals surface area contributed by atoms with E-state index in [1.807, 2.05) is 24.3 Å². The summed E-state index contributed by atoms with van der Waals surface area (Å²) in [4.78, 5) is 12.5. The van der Waals surface area contributed by atoms with Gasteiger partial charge in [0, 0.05) is 17.0 Å². The summed E-state index contributed by atoms with van der Waals surface area (Å²) in [6.45, 7) is 1.78. The number of nitriles is 1. The van der Waals surface area contributed by atoms with Crippen LogP contribution in [0.3, 0.4) is 0 Å². The second-order valence-corrected chi connectivity index (χ2v) is 5.45. The van der Waals surface area contributed by atoms with Crippen LogP contribution in [0.1, 0.15) is 21.7 Å². The Labute approximate surface area is 143 Å². The molecule has 0 atom stereocenters. The minimum Gasteiger partial charge on any atom is -0.493 e. The molecule has 6 heteroatoms. The second-order valence-electron chi connectivity index (χ2n) is 5.04. The van der Waals surface area contributed by atoms with Crippen molar-refractivity contribution in [2.75, 3.05) is 7.11 Å². The minimum absolute atomic E-state index is 0.0445. The molecule has 5 nitrogen and oxygen atoms in total. The predicted molar refractivity (Wildman–Crippen MR) is 88.6 cm³/mol. The van der Waals surface area contributed by atoms with Gasteiger partial charge in [0.1, 0.15) is 5.58 Å². The number of halogens is 1. The van der Waals surface area contributed by atoms with Crippen molar-refractivity contribution >= 4 is 28.5 Å². The average molecular weight is 342 g/mol. The van der Waals surface area contributed by atoms with Crippen LogP contribution in [0, 0.1) is 18.3 Å². The fraction of sp³-hybridized carbons (Fsp3) is 0.111. The van der Waals surface area contributed by atoms with Gasteiger partial charge in [0.25, 0.3) is 0 Å². The molecule has 0 saturated heterocycles. The van der Waals surface area contributed by atoms with Crippen molar-refractivity contribution in [1.29, 1.82) is 5.26 Å². The Kier molecular flexibility index (Phi) is 4.15. The number of hydrogen-bond acceptors (Lipinski definition) is 5. The quantitative estimate of drug-likeness (QED) is 0.518. The molecule has 0 amide bonds. The number of methoxy groups -OCH3 is 1. The topological polar surface area (TPSA) is 72.5 Å². The number of carbonyl (C=O) groups excluding carboxylic acids is 1. The Morgan fingerprint density at radius 3 is 2.71 bits per heavy atom. The van der Waals surface area contributed by atoms with Crippen LogP contribution < -0.4 is 9.47 Å². The summed E-state index contributed by atoms with van der Waals surface area (Å²) in [5, 5.41) is 9.90. The Morgan fingerprint density at radius 2 is 2.04 bits per heavy atom. The molecule has 2 aromatic carbocycles. The Balaban J connectivity index is 2.00. The van der Waals surface area contributed by atoms with Gasteiger partial charge in [-0.2, -0.15) is 5.26 Å². The molecular weight excluding hydrogens is 330 g/mol. The molecule has 0 bridgehead atoms. The zero-order valence-corrected chi connectivity index (χ0v) is 13.7. The van der Waals surface area contributed by atoms with Crippen LogP contribution in [0.5, 0.6) is 11.5 Å². The number of carbonyl (C=O) groups is 1. The first-order chi connectivity index (χ1) is 11.5. The van der Waals surface area contributed by atoms with Gasteiger partial charge in [0.2, 0.25) is 5.76 Å². The van der Waals surface area contributed by atoms with Gasteiger partial charge in [-0.15, -0.1) is 0 Å². The molecule has 0 aliphatic heterocycles. The first kappa shape index (κ1) is 15.9. The molecule has 0 N–H and O–H groups in total. The zero-order valence-electron chi connectivity index (χ0n) is 12.9. The number of rotatable bonds is 3. The molecule has 3 rings (SSSR count). The molecule has 1 heterocycles. The summed E-state index contributed by atoms with van der Waals surface area (Å²) in [7, 11) is 1.40. The summed E-state index contributed by atoms with van der Waals surface area (Å²) in [5.41, 5.74) is 1.58. The molecule has 0 aliphatic carbocycles. The highest BCUT2D eigenvalue weighted by Gasteiger charge is 2.23. The average Bonchev–Trinajstić information content (AvgIpc) is 2.93. The van der Waals surface area contributed by atoms with Gasteiger partial charge in [-0.3, -0.25) is 0 Å². The molecule has 0 saturated carbocycles. The van der Waals surface area contributed by atoms with E-state index in [1.165, 1.54) is 19.2 Å². The maximum Gasteiger partial charge on any atom is 0.380 e. The van der Waals surface area contributed by atoms with Crippen LogP contribution in [-0.4, -0.2) is 13.1 Å². The van der Waals surface area contributed by atoms with Crippen molar-refractivity contribution in [2.45, 2.75) is 6.92 Å². The van der Waals surface area contributed by atoms with Crippen molar-refractivity contribution in [3.05, 3.63) is 58.3 Å². The largest absolute Gasteiger partial charge is 0.493 e. The van der Waals surface area contributed by atoms with E-state index in [-0.39, 0.29) is 22.3 Å². The molecule has 120 valence electrons. The number of nitrogens with zero attached hydrogens (tertiary/aromatic N) is 1. The monoisotopic (exact) mass is 341 g/mol. The molecule has 1 aromatic heterocycles. The van der Waals surface area contributed by atoms with Gasteiger partial charge in [-0.1, -0.05) is 29.8 Å². The first-order valence-electron chi connectivity index (χ1n) is 7.03. The van der Waals surface area contributed by atoms with Crippen LogP contribution >= 0.6 is 11.6 Å². The third-order valence-electron chi connectivity index (χ3n) is 3.58. The highest BCUT2D eigenvalue weighted by Crippen LogP contribution is 2.37. The van der Waals surface area contributed by atoms with Gasteiger partial charge >= 0.3 is 5.97 Å². The lowest BCUT2D eigenvalue weighted by Gasteiger charge is -2.10. The van der Waals surface area contributed by atoms with E-state index in [0.29, 0.717) is 16.7 Å². The van der Waals surface area contributed by atoms with Crippen molar-refractivity contribution in [2.24, 2.45) is 0 Å². The van der Waals surface area contributed by atoms with Crippen LogP contribution in [0.25, 0.3) is 11.0 Å². The second kappa shape index (κ2) is 6.26. The molecule has 0 unspecified atom stereocenters. The van der Waals surface area contributed by atoms with Gasteiger partial charge in [-0.25, -0.2) is 4.79 Å². The van der Waals surface area contributed by atoms with E-state index in [2.05, 4.69) is 0 Å². The summed E-state index contributed by atoms with van der Waals surface area (Å²) in [5.74, 6) is -0.350. The molecule has 0 radical (unpaired) electrons. The molecule has 0 spiro atoms. The third-order valence-corrected chi connectivity index (χ3v) is 3.86. The van der Waals surface area contributed by atoms with Gasteiger partial charge in [0.15, 0.2) is 11.5 Å². The van der Waals surface area contributed by atoms with E-state index in [0.717, 1.165) is 5.39 Å². The molecule has 24 heavy (non-hydrogen) atoms. The molecule has 0 fully saturated rings. The fourth-order valence-corrected chi connectivity index (χ4v) is 2.64. The zero-order chi connectivity index (χ0) is 17.3. The van der Waals surface area contributed by atoms with E-state index in [1.54, 1.807) is 13.0 Å². The van der Waals surface area contributed by atoms with Crippen molar-refractivity contribution in [1.82, 2.24) is 0 Å². The van der Waals surface area contributed by atoms with Crippen LogP contribution in [0.4, 0.5) is 0 Å². The van der Waals surface area contributed by atoms with Crippen molar-refractivity contribution < 1.29 is 18.7 Å². The minimum atomic E-state index is -0.686. The standard InChI is InChI=1S/C18H12ClNO4/c1-10-12-5-3-4-6-14(12)23-16(10)18(21)24-17-13(19)7-11(9-20)8-15(17)22-2/h3-8H,1-2H3. The van der Waals surface area contributed by atoms with E-state index >= 15 is 0 Å². The van der Waals surface area contributed by atoms with Gasteiger partial charge < -0.3 is 13.9 Å². The SMILES string of the molecule is COc1cc(C#N)cc(Cl)c1OC(=O)c1oc2ccccc2c1C. The number of aryl methyl sites for hydroxylation is 1. The highest BCUT2D eigenvalue weighted by atomic mass is 35.5. The number of furan rings is 1. The van der Waals surface area contributed by atoms with Crippen molar-refractivity contribution in [3.8, 4) is 17.6 Å². The van der Waals surface area contributed by atoms with Crippen LogP contribution in [0.15, 0.2) is 40.8 Å². The number of hydrogen-bond donors (Lipinski definition) is 0. The van der Waals surface area contributed by atoms with Crippen molar-refractivity contribution in [3.63, 3.8) is 0 Å². The molecular formula is C18H12ClNO4. The lowest BCUT2D eigenvalue weighted by molar-refractivity contribution is 0.0698. The number of fused-ring (bicyclic) bond motifs is 1. The summed E-state index contributed by atoms with van der Waals surface area (Å²) in [6.07, 6.45) is 0. The Morgan fingerprint density at radius 1 is 1.29 bits per heavy atom. The summed E-state index contributed by atoms with van der Waals surface area (Å²) >= 11 is 6.10. The fourth-order valence-electron chi connectivity index (χ4n) is 2.39. The Hall–Kier alpha value is -2.97. The van der Waals surface area contributed by atoms with E-state index < -0.39 is 5.97 Å². The lowest BCUT2D eigenvalue weighted by Crippen LogP contribution is -2.10. The van der Waals surface area contributed by atoms with E-state index in [4.69, 9.17) is 30.8 Å². The number of para-hydroxylation sites is 1. The summed E-state index contributed by atoms with van der Waals surface area (Å²) in [6, 6.07) is 12.1. The number of ether oxygens (including phenoxy) is 2. The van der Waals surface area contributed by atoms with Gasteiger partial charge in [-0.05, 0) is 19.1 Å². The molecule has 0 aliphatic rings. The number of benzene rings is 2. The number of esters is 1. The van der Waals surface area contributed by atoms with E-state index in [9.17, 15) is 4.79 Å². The smallest absolute Gasteiger partial charge is 0.380 e. The first-order valence-corrected chi connectivity index (χ1v) is 7.41. The van der Waals surface area contributed by atoms with Crippen LogP contribution in [-0.2, 0) is 0 Å². The van der Waals surface area contributed by atoms with Crippen LogP contribution in [0.2, 0.25) is 5.02 Å². The molecule has 3 aromatic rings. The lowest BCUT2D eigenvalue weighted by atomic mass is 10.1. The third kappa shape index (κ3) is 2.68. The summed E-state index contributed by atoms with van der Waals surface area (Å²) < 4.78 is 16.1. The Bertz CT molecular complexity index is 985.